The minimum Gasteiger partial charge on any atom is -0.341 e. The minimum absolute atomic E-state index is 0.0549. The quantitative estimate of drug-likeness (QED) is 0.807. The molecule has 0 radical (unpaired) electrons. The Morgan fingerprint density at radius 2 is 1.92 bits per heavy atom. The number of hydrogen-bond donors (Lipinski definition) is 0. The van der Waals surface area contributed by atoms with Gasteiger partial charge < -0.3 is 9.80 Å². The van der Waals surface area contributed by atoms with Gasteiger partial charge in [-0.3, -0.25) is 4.79 Å². The first-order chi connectivity index (χ1) is 11.5. The van der Waals surface area contributed by atoms with Crippen LogP contribution in [0.2, 0.25) is 0 Å². The Morgan fingerprint density at radius 3 is 2.46 bits per heavy atom. The molecule has 3 rings (SSSR count). The van der Waals surface area contributed by atoms with E-state index in [-0.39, 0.29) is 23.5 Å². The Morgan fingerprint density at radius 1 is 1.25 bits per heavy atom. The van der Waals surface area contributed by atoms with Gasteiger partial charge >= 0.3 is 0 Å². The van der Waals surface area contributed by atoms with Crippen LogP contribution in [0.4, 0.5) is 5.95 Å². The largest absolute Gasteiger partial charge is 0.341 e. The van der Waals surface area contributed by atoms with Gasteiger partial charge in [-0.2, -0.15) is 0 Å². The van der Waals surface area contributed by atoms with E-state index in [4.69, 9.17) is 0 Å². The second kappa shape index (κ2) is 7.04. The molecule has 3 heterocycles. The number of anilines is 1. The van der Waals surface area contributed by atoms with Gasteiger partial charge in [-0.1, -0.05) is 0 Å². The van der Waals surface area contributed by atoms with Gasteiger partial charge in [0.25, 0.3) is 5.91 Å². The standard InChI is InChI=1S/C16H24N4O3S/c1-2-20(14-6-9-24(22,23)12-14)15(21)13-10-17-16(18-11-13)19-7-4-3-5-8-19/h10-11,14H,2-9,12H2,1H3. The molecule has 1 aromatic rings. The molecular weight excluding hydrogens is 328 g/mol. The van der Waals surface area contributed by atoms with Gasteiger partial charge in [0.2, 0.25) is 5.95 Å². The monoisotopic (exact) mass is 352 g/mol. The van der Waals surface area contributed by atoms with E-state index in [0.29, 0.717) is 24.5 Å². The molecule has 2 aliphatic heterocycles. The number of hydrogen-bond acceptors (Lipinski definition) is 6. The van der Waals surface area contributed by atoms with Gasteiger partial charge in [-0.05, 0) is 32.6 Å². The zero-order valence-corrected chi connectivity index (χ0v) is 14.8. The van der Waals surface area contributed by atoms with Crippen LogP contribution in [0.25, 0.3) is 0 Å². The van der Waals surface area contributed by atoms with Crippen LogP contribution in [0.15, 0.2) is 12.4 Å². The Labute approximate surface area is 143 Å². The maximum absolute atomic E-state index is 12.7. The molecule has 1 unspecified atom stereocenters. The highest BCUT2D eigenvalue weighted by Crippen LogP contribution is 2.20. The van der Waals surface area contributed by atoms with E-state index in [9.17, 15) is 13.2 Å². The predicted octanol–water partition coefficient (Wildman–Crippen LogP) is 1.12. The van der Waals surface area contributed by atoms with Crippen molar-refractivity contribution in [3.63, 3.8) is 0 Å². The van der Waals surface area contributed by atoms with Crippen LogP contribution in [-0.4, -0.2) is 66.4 Å². The van der Waals surface area contributed by atoms with Crippen molar-refractivity contribution in [1.82, 2.24) is 14.9 Å². The van der Waals surface area contributed by atoms with Crippen molar-refractivity contribution < 1.29 is 13.2 Å². The van der Waals surface area contributed by atoms with Crippen LogP contribution in [0.3, 0.4) is 0 Å². The van der Waals surface area contributed by atoms with Gasteiger partial charge in [0.1, 0.15) is 0 Å². The van der Waals surface area contributed by atoms with Crippen molar-refractivity contribution in [3.8, 4) is 0 Å². The van der Waals surface area contributed by atoms with Gasteiger partial charge in [-0.15, -0.1) is 0 Å². The second-order valence-electron chi connectivity index (χ2n) is 6.47. The zero-order valence-electron chi connectivity index (χ0n) is 14.0. The fraction of sp³-hybridized carbons (Fsp3) is 0.688. The molecule has 7 nitrogen and oxygen atoms in total. The molecule has 24 heavy (non-hydrogen) atoms. The number of carbonyl (C=O) groups is 1. The summed E-state index contributed by atoms with van der Waals surface area (Å²) in [6, 6.07) is -0.241. The van der Waals surface area contributed by atoms with E-state index in [1.807, 2.05) is 6.92 Å². The van der Waals surface area contributed by atoms with E-state index in [1.165, 1.54) is 6.42 Å². The molecule has 2 fully saturated rings. The Bertz CT molecular complexity index is 684. The molecule has 8 heteroatoms. The molecule has 0 bridgehead atoms. The van der Waals surface area contributed by atoms with Crippen LogP contribution in [0, 0.1) is 0 Å². The fourth-order valence-electron chi connectivity index (χ4n) is 3.44. The third kappa shape index (κ3) is 3.68. The Kier molecular flexibility index (Phi) is 5.03. The van der Waals surface area contributed by atoms with Crippen LogP contribution in [0.5, 0.6) is 0 Å². The van der Waals surface area contributed by atoms with Crippen LogP contribution in [-0.2, 0) is 9.84 Å². The number of rotatable bonds is 4. The number of carbonyl (C=O) groups excluding carboxylic acids is 1. The summed E-state index contributed by atoms with van der Waals surface area (Å²) in [7, 11) is -3.02. The number of nitrogens with zero attached hydrogens (tertiary/aromatic N) is 4. The lowest BCUT2D eigenvalue weighted by molar-refractivity contribution is 0.0707. The highest BCUT2D eigenvalue weighted by molar-refractivity contribution is 7.91. The van der Waals surface area contributed by atoms with Crippen molar-refractivity contribution in [1.29, 1.82) is 0 Å². The predicted molar refractivity (Wildman–Crippen MR) is 91.9 cm³/mol. The molecule has 1 atom stereocenters. The van der Waals surface area contributed by atoms with Crippen molar-refractivity contribution >= 4 is 21.7 Å². The molecule has 0 N–H and O–H groups in total. The van der Waals surface area contributed by atoms with Crippen molar-refractivity contribution in [2.45, 2.75) is 38.6 Å². The highest BCUT2D eigenvalue weighted by atomic mass is 32.2. The summed E-state index contributed by atoms with van der Waals surface area (Å²) >= 11 is 0. The number of piperidine rings is 1. The molecule has 1 amide bonds. The van der Waals surface area contributed by atoms with Crippen molar-refractivity contribution in [2.24, 2.45) is 0 Å². The summed E-state index contributed by atoms with van der Waals surface area (Å²) in [6.07, 6.45) is 7.15. The molecule has 132 valence electrons. The number of sulfone groups is 1. The highest BCUT2D eigenvalue weighted by Gasteiger charge is 2.34. The maximum atomic E-state index is 12.7. The topological polar surface area (TPSA) is 83.5 Å². The van der Waals surface area contributed by atoms with E-state index < -0.39 is 9.84 Å². The van der Waals surface area contributed by atoms with E-state index in [1.54, 1.807) is 17.3 Å². The van der Waals surface area contributed by atoms with Crippen LogP contribution in [0.1, 0.15) is 43.0 Å². The molecular formula is C16H24N4O3S. The van der Waals surface area contributed by atoms with E-state index in [0.717, 1.165) is 25.9 Å². The van der Waals surface area contributed by atoms with E-state index >= 15 is 0 Å². The lowest BCUT2D eigenvalue weighted by Gasteiger charge is -2.28. The lowest BCUT2D eigenvalue weighted by atomic mass is 10.1. The number of amides is 1. The fourth-order valence-corrected chi connectivity index (χ4v) is 5.17. The van der Waals surface area contributed by atoms with Gasteiger partial charge in [0.05, 0.1) is 17.1 Å². The van der Waals surface area contributed by atoms with Gasteiger partial charge in [0, 0.05) is 38.1 Å². The zero-order chi connectivity index (χ0) is 17.2. The lowest BCUT2D eigenvalue weighted by Crippen LogP contribution is -2.41. The average Bonchev–Trinajstić information content (AvgIpc) is 2.96. The molecule has 2 aliphatic rings. The second-order valence-corrected chi connectivity index (χ2v) is 8.70. The third-order valence-electron chi connectivity index (χ3n) is 4.77. The minimum atomic E-state index is -3.02. The van der Waals surface area contributed by atoms with Crippen molar-refractivity contribution in [3.05, 3.63) is 18.0 Å². The summed E-state index contributed by atoms with van der Waals surface area (Å²) in [4.78, 5) is 25.2. The Balaban J connectivity index is 1.71. The molecule has 1 aromatic heterocycles. The summed E-state index contributed by atoms with van der Waals surface area (Å²) in [5, 5.41) is 0. The third-order valence-corrected chi connectivity index (χ3v) is 6.53. The first-order valence-electron chi connectivity index (χ1n) is 8.58. The van der Waals surface area contributed by atoms with Gasteiger partial charge in [-0.25, -0.2) is 18.4 Å². The summed E-state index contributed by atoms with van der Waals surface area (Å²) in [5.41, 5.74) is 0.418. The van der Waals surface area contributed by atoms with Crippen LogP contribution < -0.4 is 4.90 Å². The van der Waals surface area contributed by atoms with E-state index in [2.05, 4.69) is 14.9 Å². The van der Waals surface area contributed by atoms with Gasteiger partial charge in [0.15, 0.2) is 9.84 Å². The van der Waals surface area contributed by atoms with Crippen LogP contribution >= 0.6 is 0 Å². The average molecular weight is 352 g/mol. The summed E-state index contributed by atoms with van der Waals surface area (Å²) in [5.74, 6) is 0.688. The molecule has 0 saturated carbocycles. The summed E-state index contributed by atoms with van der Waals surface area (Å²) < 4.78 is 23.3. The molecule has 0 aromatic carbocycles. The first-order valence-corrected chi connectivity index (χ1v) is 10.4. The smallest absolute Gasteiger partial charge is 0.257 e. The normalized spacial score (nSPS) is 23.2. The maximum Gasteiger partial charge on any atom is 0.257 e. The molecule has 0 aliphatic carbocycles. The molecule has 2 saturated heterocycles. The first kappa shape index (κ1) is 17.1. The Hall–Kier alpha value is -1.70. The summed E-state index contributed by atoms with van der Waals surface area (Å²) in [6.45, 7) is 4.25. The molecule has 0 spiro atoms. The van der Waals surface area contributed by atoms with Crippen molar-refractivity contribution in [2.75, 3.05) is 36.0 Å². The number of aromatic nitrogens is 2. The SMILES string of the molecule is CCN(C(=O)c1cnc(N2CCCCC2)nc1)C1CCS(=O)(=O)C1.